The number of methoxy groups -OCH3 is 1. The highest BCUT2D eigenvalue weighted by Gasteiger charge is 2.12. The molecule has 1 amide bonds. The third-order valence-electron chi connectivity index (χ3n) is 3.63. The number of nitrogens with one attached hydrogen (secondary N) is 2. The van der Waals surface area contributed by atoms with Crippen molar-refractivity contribution in [2.75, 3.05) is 17.7 Å². The summed E-state index contributed by atoms with van der Waals surface area (Å²) in [5.41, 5.74) is 2.78. The Kier molecular flexibility index (Phi) is 5.21. The third kappa shape index (κ3) is 4.11. The Morgan fingerprint density at radius 2 is 1.64 bits per heavy atom. The zero-order chi connectivity index (χ0) is 17.6. The highest BCUT2D eigenvalue weighted by atomic mass is 35.5. The Labute approximate surface area is 151 Å². The predicted octanol–water partition coefficient (Wildman–Crippen LogP) is 5.34. The molecule has 0 aliphatic rings. The van der Waals surface area contributed by atoms with Gasteiger partial charge in [0.2, 0.25) is 0 Å². The summed E-state index contributed by atoms with van der Waals surface area (Å²) in [5, 5.41) is 6.56. The normalized spacial score (nSPS) is 10.2. The summed E-state index contributed by atoms with van der Waals surface area (Å²) < 4.78 is 5.12. The molecule has 5 heteroatoms. The standard InChI is InChI=1S/C20H17ClN2O2/c1-25-19-12-11-15(13-17(19)21)23-20(24)16-9-5-6-10-18(16)22-14-7-3-2-4-8-14/h2-13,22H,1H3,(H,23,24). The lowest BCUT2D eigenvalue weighted by Gasteiger charge is -2.13. The minimum atomic E-state index is -0.222. The van der Waals surface area contributed by atoms with Crippen LogP contribution < -0.4 is 15.4 Å². The quantitative estimate of drug-likeness (QED) is 0.651. The lowest BCUT2D eigenvalue weighted by Crippen LogP contribution is -2.13. The van der Waals surface area contributed by atoms with Crippen LogP contribution in [-0.2, 0) is 0 Å². The second-order valence-corrected chi connectivity index (χ2v) is 5.75. The van der Waals surface area contributed by atoms with E-state index in [1.165, 1.54) is 0 Å². The number of amides is 1. The summed E-state index contributed by atoms with van der Waals surface area (Å²) in [6.07, 6.45) is 0. The Bertz CT molecular complexity index is 882. The molecule has 0 fully saturated rings. The molecule has 0 bridgehead atoms. The first-order valence-electron chi connectivity index (χ1n) is 7.73. The number of carbonyl (C=O) groups excluding carboxylic acids is 1. The number of para-hydroxylation sites is 2. The summed E-state index contributed by atoms with van der Waals surface area (Å²) in [4.78, 5) is 12.7. The number of rotatable bonds is 5. The topological polar surface area (TPSA) is 50.4 Å². The Balaban J connectivity index is 1.82. The fraction of sp³-hybridized carbons (Fsp3) is 0.0500. The highest BCUT2D eigenvalue weighted by molar-refractivity contribution is 6.32. The molecule has 0 aliphatic carbocycles. The predicted molar refractivity (Wildman–Crippen MR) is 102 cm³/mol. The van der Waals surface area contributed by atoms with Crippen LogP contribution in [0, 0.1) is 0 Å². The summed E-state index contributed by atoms with van der Waals surface area (Å²) in [7, 11) is 1.55. The minimum absolute atomic E-state index is 0.222. The second kappa shape index (κ2) is 7.73. The highest BCUT2D eigenvalue weighted by Crippen LogP contribution is 2.28. The van der Waals surface area contributed by atoms with Gasteiger partial charge in [-0.05, 0) is 42.5 Å². The van der Waals surface area contributed by atoms with Crippen LogP contribution in [0.4, 0.5) is 17.1 Å². The van der Waals surface area contributed by atoms with Gasteiger partial charge in [0.05, 0.1) is 23.4 Å². The third-order valence-corrected chi connectivity index (χ3v) is 3.93. The van der Waals surface area contributed by atoms with E-state index in [0.29, 0.717) is 22.0 Å². The van der Waals surface area contributed by atoms with Gasteiger partial charge >= 0.3 is 0 Å². The molecule has 0 heterocycles. The van der Waals surface area contributed by atoms with Crippen LogP contribution in [0.1, 0.15) is 10.4 Å². The van der Waals surface area contributed by atoms with Gasteiger partial charge in [-0.15, -0.1) is 0 Å². The summed E-state index contributed by atoms with van der Waals surface area (Å²) in [6.45, 7) is 0. The first-order chi connectivity index (χ1) is 12.2. The lowest BCUT2D eigenvalue weighted by atomic mass is 10.1. The van der Waals surface area contributed by atoms with Crippen molar-refractivity contribution in [3.05, 3.63) is 83.4 Å². The van der Waals surface area contributed by atoms with E-state index in [4.69, 9.17) is 16.3 Å². The van der Waals surface area contributed by atoms with Crippen LogP contribution in [0.5, 0.6) is 5.75 Å². The maximum Gasteiger partial charge on any atom is 0.257 e. The van der Waals surface area contributed by atoms with Gasteiger partial charge in [0.1, 0.15) is 5.75 Å². The monoisotopic (exact) mass is 352 g/mol. The summed E-state index contributed by atoms with van der Waals surface area (Å²) in [6, 6.07) is 22.2. The van der Waals surface area contributed by atoms with Crippen molar-refractivity contribution in [1.29, 1.82) is 0 Å². The minimum Gasteiger partial charge on any atom is -0.495 e. The smallest absolute Gasteiger partial charge is 0.257 e. The molecular weight excluding hydrogens is 336 g/mol. The van der Waals surface area contributed by atoms with Gasteiger partial charge in [-0.3, -0.25) is 4.79 Å². The molecule has 126 valence electrons. The molecule has 0 aliphatic heterocycles. The van der Waals surface area contributed by atoms with E-state index in [9.17, 15) is 4.79 Å². The molecule has 0 aromatic heterocycles. The zero-order valence-corrected chi connectivity index (χ0v) is 14.4. The summed E-state index contributed by atoms with van der Waals surface area (Å²) >= 11 is 6.11. The second-order valence-electron chi connectivity index (χ2n) is 5.34. The maximum atomic E-state index is 12.7. The van der Waals surface area contributed by atoms with Crippen molar-refractivity contribution in [2.24, 2.45) is 0 Å². The Hall–Kier alpha value is -2.98. The average Bonchev–Trinajstić information content (AvgIpc) is 2.63. The molecule has 3 aromatic rings. The number of hydrogen-bond donors (Lipinski definition) is 2. The van der Waals surface area contributed by atoms with Crippen LogP contribution in [0.25, 0.3) is 0 Å². The van der Waals surface area contributed by atoms with E-state index < -0.39 is 0 Å². The lowest BCUT2D eigenvalue weighted by molar-refractivity contribution is 0.102. The number of benzene rings is 3. The van der Waals surface area contributed by atoms with Gasteiger partial charge in [0.15, 0.2) is 0 Å². The molecule has 3 rings (SSSR count). The SMILES string of the molecule is COc1ccc(NC(=O)c2ccccc2Nc2ccccc2)cc1Cl. The Morgan fingerprint density at radius 1 is 0.920 bits per heavy atom. The summed E-state index contributed by atoms with van der Waals surface area (Å²) in [5.74, 6) is 0.339. The largest absolute Gasteiger partial charge is 0.495 e. The fourth-order valence-corrected chi connectivity index (χ4v) is 2.67. The van der Waals surface area contributed by atoms with Crippen molar-refractivity contribution in [3.8, 4) is 5.75 Å². The number of carbonyl (C=O) groups is 1. The molecular formula is C20H17ClN2O2. The van der Waals surface area contributed by atoms with Crippen LogP contribution in [0.15, 0.2) is 72.8 Å². The van der Waals surface area contributed by atoms with Gasteiger partial charge in [-0.25, -0.2) is 0 Å². The zero-order valence-electron chi connectivity index (χ0n) is 13.6. The average molecular weight is 353 g/mol. The van der Waals surface area contributed by atoms with Gasteiger partial charge in [-0.1, -0.05) is 41.9 Å². The van der Waals surface area contributed by atoms with E-state index in [-0.39, 0.29) is 5.91 Å². The van der Waals surface area contributed by atoms with Crippen molar-refractivity contribution in [2.45, 2.75) is 0 Å². The van der Waals surface area contributed by atoms with Crippen molar-refractivity contribution in [1.82, 2.24) is 0 Å². The van der Waals surface area contributed by atoms with E-state index in [1.54, 1.807) is 31.4 Å². The number of hydrogen-bond acceptors (Lipinski definition) is 3. The van der Waals surface area contributed by atoms with E-state index >= 15 is 0 Å². The maximum absolute atomic E-state index is 12.7. The van der Waals surface area contributed by atoms with E-state index in [1.807, 2.05) is 48.5 Å². The molecule has 3 aromatic carbocycles. The first kappa shape index (κ1) is 16.9. The molecule has 4 nitrogen and oxygen atoms in total. The van der Waals surface area contributed by atoms with Gasteiger partial charge in [-0.2, -0.15) is 0 Å². The van der Waals surface area contributed by atoms with Crippen LogP contribution in [0.3, 0.4) is 0 Å². The molecule has 2 N–H and O–H groups in total. The molecule has 0 saturated heterocycles. The van der Waals surface area contributed by atoms with Crippen molar-refractivity contribution in [3.63, 3.8) is 0 Å². The van der Waals surface area contributed by atoms with Crippen LogP contribution >= 0.6 is 11.6 Å². The molecule has 0 radical (unpaired) electrons. The van der Waals surface area contributed by atoms with Crippen LogP contribution in [-0.4, -0.2) is 13.0 Å². The molecule has 25 heavy (non-hydrogen) atoms. The molecule has 0 spiro atoms. The van der Waals surface area contributed by atoms with E-state index in [0.717, 1.165) is 11.4 Å². The molecule has 0 saturated carbocycles. The van der Waals surface area contributed by atoms with Gasteiger partial charge in [0.25, 0.3) is 5.91 Å². The van der Waals surface area contributed by atoms with Crippen molar-refractivity contribution < 1.29 is 9.53 Å². The Morgan fingerprint density at radius 3 is 2.36 bits per heavy atom. The first-order valence-corrected chi connectivity index (χ1v) is 8.11. The van der Waals surface area contributed by atoms with E-state index in [2.05, 4.69) is 10.6 Å². The van der Waals surface area contributed by atoms with Crippen LogP contribution in [0.2, 0.25) is 5.02 Å². The van der Waals surface area contributed by atoms with Gasteiger partial charge in [0, 0.05) is 11.4 Å². The number of anilines is 3. The fourth-order valence-electron chi connectivity index (χ4n) is 2.41. The number of ether oxygens (including phenoxy) is 1. The number of halogens is 1. The molecule has 0 atom stereocenters. The van der Waals surface area contributed by atoms with Gasteiger partial charge < -0.3 is 15.4 Å². The van der Waals surface area contributed by atoms with Crippen molar-refractivity contribution >= 4 is 34.6 Å². The molecule has 0 unspecified atom stereocenters.